The number of aromatic hydroxyl groups is 1. The van der Waals surface area contributed by atoms with Crippen molar-refractivity contribution in [1.82, 2.24) is 4.57 Å². The second kappa shape index (κ2) is 8.53. The lowest BCUT2D eigenvalue weighted by Gasteiger charge is -2.10. The number of carboxylic acids is 1. The van der Waals surface area contributed by atoms with Gasteiger partial charge in [-0.1, -0.05) is 18.2 Å². The molecule has 0 aliphatic rings. The molecule has 0 spiro atoms. The van der Waals surface area contributed by atoms with E-state index >= 15 is 0 Å². The molecule has 2 N–H and O–H groups in total. The number of hydrogen-bond donors (Lipinski definition) is 2. The Morgan fingerprint density at radius 1 is 0.967 bits per heavy atom. The van der Waals surface area contributed by atoms with Gasteiger partial charge in [0.05, 0.1) is 24.0 Å². The van der Waals surface area contributed by atoms with Gasteiger partial charge in [-0.15, -0.1) is 0 Å². The van der Waals surface area contributed by atoms with Gasteiger partial charge in [0.2, 0.25) is 5.88 Å². The number of rotatable bonds is 7. The van der Waals surface area contributed by atoms with Crippen LogP contribution in [0, 0.1) is 20.8 Å². The summed E-state index contributed by atoms with van der Waals surface area (Å²) >= 11 is 0. The van der Waals surface area contributed by atoms with E-state index in [1.807, 2.05) is 55.7 Å². The van der Waals surface area contributed by atoms with Gasteiger partial charge in [0.15, 0.2) is 5.78 Å². The number of Topliss-reactive ketones (excluding diaryl/α,β-unsaturated/α-hetero) is 1. The lowest BCUT2D eigenvalue weighted by molar-refractivity contribution is -0.138. The Morgan fingerprint density at radius 3 is 2.27 bits per heavy atom. The first-order chi connectivity index (χ1) is 14.2. The molecule has 3 aromatic rings. The highest BCUT2D eigenvalue weighted by molar-refractivity contribution is 6.13. The summed E-state index contributed by atoms with van der Waals surface area (Å²) in [6, 6.07) is 12.0. The number of benzene rings is 2. The second-order valence-corrected chi connectivity index (χ2v) is 7.73. The number of carbonyl (C=O) groups excluding carboxylic acids is 1. The van der Waals surface area contributed by atoms with E-state index in [2.05, 4.69) is 11.1 Å². The van der Waals surface area contributed by atoms with Crippen LogP contribution in [0.15, 0.2) is 41.4 Å². The number of carbonyl (C=O) groups is 2. The van der Waals surface area contributed by atoms with Gasteiger partial charge >= 0.3 is 5.97 Å². The molecule has 0 saturated carbocycles. The van der Waals surface area contributed by atoms with Crippen molar-refractivity contribution in [2.75, 3.05) is 6.54 Å². The summed E-state index contributed by atoms with van der Waals surface area (Å²) < 4.78 is 1.81. The lowest BCUT2D eigenvalue weighted by atomic mass is 10.1. The Balaban J connectivity index is 2.10. The first-order valence-corrected chi connectivity index (χ1v) is 9.85. The van der Waals surface area contributed by atoms with Crippen molar-refractivity contribution in [3.8, 4) is 11.6 Å². The predicted octanol–water partition coefficient (Wildman–Crippen LogP) is 4.50. The second-order valence-electron chi connectivity index (χ2n) is 7.73. The van der Waals surface area contributed by atoms with Crippen LogP contribution in [0.1, 0.15) is 42.0 Å². The van der Waals surface area contributed by atoms with Crippen LogP contribution < -0.4 is 0 Å². The third kappa shape index (κ3) is 4.43. The molecule has 0 amide bonds. The van der Waals surface area contributed by atoms with Gasteiger partial charge < -0.3 is 10.2 Å². The molecule has 3 rings (SSSR count). The summed E-state index contributed by atoms with van der Waals surface area (Å²) in [5.41, 5.74) is 6.08. The van der Waals surface area contributed by atoms with Crippen LogP contribution in [-0.2, 0) is 9.59 Å². The van der Waals surface area contributed by atoms with Crippen molar-refractivity contribution < 1.29 is 19.8 Å². The van der Waals surface area contributed by atoms with E-state index < -0.39 is 5.97 Å². The number of aromatic nitrogens is 1. The Morgan fingerprint density at radius 2 is 1.63 bits per heavy atom. The molecule has 1 heterocycles. The van der Waals surface area contributed by atoms with E-state index in [0.29, 0.717) is 11.3 Å². The molecule has 0 radical (unpaired) electrons. The molecule has 2 aromatic carbocycles. The quantitative estimate of drug-likeness (QED) is 0.565. The molecule has 0 atom stereocenters. The summed E-state index contributed by atoms with van der Waals surface area (Å²) in [5.74, 6) is -1.18. The molecule has 156 valence electrons. The number of hydrogen-bond acceptors (Lipinski definition) is 4. The van der Waals surface area contributed by atoms with Crippen molar-refractivity contribution in [3.05, 3.63) is 58.7 Å². The van der Waals surface area contributed by atoms with E-state index in [1.54, 1.807) is 6.92 Å². The van der Waals surface area contributed by atoms with Gasteiger partial charge in [0, 0.05) is 23.2 Å². The Kier molecular flexibility index (Phi) is 6.06. The number of carboxylic acid groups (broad SMARTS) is 1. The molecule has 0 fully saturated rings. The van der Waals surface area contributed by atoms with Crippen molar-refractivity contribution >= 4 is 28.4 Å². The molecule has 6 heteroatoms. The fourth-order valence-corrected chi connectivity index (χ4v) is 3.69. The highest BCUT2D eigenvalue weighted by atomic mass is 16.4. The van der Waals surface area contributed by atoms with E-state index in [1.165, 1.54) is 0 Å². The van der Waals surface area contributed by atoms with Crippen molar-refractivity contribution in [2.24, 2.45) is 4.99 Å². The highest BCUT2D eigenvalue weighted by Gasteiger charge is 2.20. The molecule has 0 saturated heterocycles. The monoisotopic (exact) mass is 406 g/mol. The summed E-state index contributed by atoms with van der Waals surface area (Å²) in [7, 11) is 0. The van der Waals surface area contributed by atoms with Gasteiger partial charge in [-0.2, -0.15) is 0 Å². The molecule has 0 aliphatic heterocycles. The topological polar surface area (TPSA) is 91.9 Å². The summed E-state index contributed by atoms with van der Waals surface area (Å²) in [6.07, 6.45) is -0.258. The van der Waals surface area contributed by atoms with Gasteiger partial charge in [-0.3, -0.25) is 19.1 Å². The normalized spacial score (nSPS) is 11.8. The Bertz CT molecular complexity index is 1150. The first kappa shape index (κ1) is 21.3. The minimum Gasteiger partial charge on any atom is -0.494 e. The van der Waals surface area contributed by atoms with Gasteiger partial charge in [0.25, 0.3) is 0 Å². The van der Waals surface area contributed by atoms with Crippen molar-refractivity contribution in [1.29, 1.82) is 0 Å². The molecule has 0 unspecified atom stereocenters. The summed E-state index contributed by atoms with van der Waals surface area (Å²) in [6.45, 7) is 7.67. The Hall–Kier alpha value is -3.41. The zero-order valence-corrected chi connectivity index (χ0v) is 17.7. The minimum atomic E-state index is -1.01. The fraction of sp³-hybridized carbons (Fsp3) is 0.292. The Labute approximate surface area is 175 Å². The molecule has 1 aromatic heterocycles. The van der Waals surface area contributed by atoms with Crippen molar-refractivity contribution in [3.63, 3.8) is 0 Å². The number of ketones is 1. The van der Waals surface area contributed by atoms with E-state index in [0.717, 1.165) is 33.3 Å². The van der Waals surface area contributed by atoms with E-state index in [9.17, 15) is 14.7 Å². The summed E-state index contributed by atoms with van der Waals surface area (Å²) in [4.78, 5) is 26.9. The van der Waals surface area contributed by atoms with Crippen LogP contribution in [0.2, 0.25) is 0 Å². The van der Waals surface area contributed by atoms with Crippen LogP contribution in [0.5, 0.6) is 5.88 Å². The van der Waals surface area contributed by atoms with Crippen LogP contribution in [0.4, 0.5) is 0 Å². The van der Waals surface area contributed by atoms with Crippen LogP contribution >= 0.6 is 0 Å². The third-order valence-corrected chi connectivity index (χ3v) is 5.04. The fourth-order valence-electron chi connectivity index (χ4n) is 3.69. The molecule has 0 aliphatic carbocycles. The molecule has 0 bridgehead atoms. The maximum Gasteiger partial charge on any atom is 0.303 e. The highest BCUT2D eigenvalue weighted by Crippen LogP contribution is 2.36. The average molecular weight is 406 g/mol. The molecular weight excluding hydrogens is 380 g/mol. The smallest absolute Gasteiger partial charge is 0.303 e. The standard InChI is InChI=1S/C24H26N2O4/c1-14-5-7-20-21(12-14)26(18-10-15(2)9-16(3)11-18)24(30)23(20)17(4)25-13-19(27)6-8-22(28)29/h5,7,9-12,30H,6,8,13H2,1-4H3,(H,28,29). The number of aliphatic carboxylic acids is 1. The number of aryl methyl sites for hydroxylation is 3. The maximum absolute atomic E-state index is 11.9. The van der Waals surface area contributed by atoms with Crippen LogP contribution in [-0.4, -0.2) is 38.8 Å². The number of nitrogens with zero attached hydrogens (tertiary/aromatic N) is 2. The minimum absolute atomic E-state index is 0.0539. The van der Waals surface area contributed by atoms with E-state index in [-0.39, 0.29) is 31.0 Å². The SMILES string of the molecule is CC(=NCC(=O)CCC(=O)O)c1c(O)n(-c2cc(C)cc(C)c2)c2cc(C)ccc12. The van der Waals surface area contributed by atoms with Gasteiger partial charge in [-0.05, 0) is 62.6 Å². The van der Waals surface area contributed by atoms with E-state index in [4.69, 9.17) is 5.11 Å². The average Bonchev–Trinajstić information content (AvgIpc) is 2.94. The van der Waals surface area contributed by atoms with Crippen LogP contribution in [0.25, 0.3) is 16.6 Å². The molecule has 30 heavy (non-hydrogen) atoms. The lowest BCUT2D eigenvalue weighted by Crippen LogP contribution is -2.08. The number of aliphatic imine (C=N–C) groups is 1. The van der Waals surface area contributed by atoms with Crippen LogP contribution in [0.3, 0.4) is 0 Å². The number of fused-ring (bicyclic) bond motifs is 1. The van der Waals surface area contributed by atoms with Gasteiger partial charge in [0.1, 0.15) is 0 Å². The third-order valence-electron chi connectivity index (χ3n) is 5.04. The first-order valence-electron chi connectivity index (χ1n) is 9.85. The van der Waals surface area contributed by atoms with Gasteiger partial charge in [-0.25, -0.2) is 0 Å². The molecule has 6 nitrogen and oxygen atoms in total. The zero-order valence-electron chi connectivity index (χ0n) is 17.7. The maximum atomic E-state index is 11.9. The summed E-state index contributed by atoms with van der Waals surface area (Å²) in [5, 5.41) is 20.7. The molecular formula is C24H26N2O4. The zero-order chi connectivity index (χ0) is 22.0. The van der Waals surface area contributed by atoms with Crippen molar-refractivity contribution in [2.45, 2.75) is 40.5 Å². The predicted molar refractivity (Wildman–Crippen MR) is 118 cm³/mol. The largest absolute Gasteiger partial charge is 0.494 e.